The smallest absolute Gasteiger partial charge is 0.469 e. The summed E-state index contributed by atoms with van der Waals surface area (Å²) < 4.78 is 36.4. The maximum absolute atomic E-state index is 12.3. The van der Waals surface area contributed by atoms with Crippen molar-refractivity contribution in [3.05, 3.63) is 0 Å². The van der Waals surface area contributed by atoms with Crippen LogP contribution in [0.15, 0.2) is 0 Å². The van der Waals surface area contributed by atoms with Gasteiger partial charge < -0.3 is 14.8 Å². The highest BCUT2D eigenvalue weighted by Gasteiger charge is 2.49. The van der Waals surface area contributed by atoms with Gasteiger partial charge in [0.25, 0.3) is 0 Å². The Hall–Kier alpha value is -1.48. The number of hydrogen-bond acceptors (Lipinski definition) is 9. The molecule has 0 aromatic heterocycles. The number of nitrogens with one attached hydrogen (secondary N) is 1. The van der Waals surface area contributed by atoms with Gasteiger partial charge in [-0.05, 0) is 0 Å². The highest BCUT2D eigenvalue weighted by molar-refractivity contribution is 7.48. The summed E-state index contributed by atoms with van der Waals surface area (Å²) in [7, 11) is -2.80. The van der Waals surface area contributed by atoms with Crippen LogP contribution >= 0.6 is 7.82 Å². The van der Waals surface area contributed by atoms with Gasteiger partial charge in [-0.1, -0.05) is 13.8 Å². The molecule has 0 aliphatic carbocycles. The zero-order valence-electron chi connectivity index (χ0n) is 14.0. The van der Waals surface area contributed by atoms with E-state index in [0.29, 0.717) is 0 Å². The first-order valence-corrected chi connectivity index (χ1v) is 8.61. The van der Waals surface area contributed by atoms with Crippen LogP contribution in [-0.2, 0) is 42.0 Å². The van der Waals surface area contributed by atoms with E-state index in [4.69, 9.17) is 13.6 Å². The van der Waals surface area contributed by atoms with Gasteiger partial charge in [-0.25, -0.2) is 9.09 Å². The van der Waals surface area contributed by atoms with Gasteiger partial charge >= 0.3 is 19.8 Å². The van der Waals surface area contributed by atoms with Gasteiger partial charge in [-0.3, -0.25) is 23.4 Å². The standard InChI is InChI=1S/C13H22NO9P/c1-9(15)20-8-22-24(18)21-7-13(2,3)11(23-24)12(17)14-6-5-10(16)19-4/h11H,5-8H2,1-4H3,(H,14,17)/t11-,24?/m0/s1. The van der Waals surface area contributed by atoms with Gasteiger partial charge in [-0.15, -0.1) is 0 Å². The topological polar surface area (TPSA) is 126 Å². The van der Waals surface area contributed by atoms with Crippen molar-refractivity contribution in [2.24, 2.45) is 5.41 Å². The molecular formula is C13H22NO9P. The first kappa shape index (κ1) is 20.6. The van der Waals surface area contributed by atoms with Gasteiger partial charge in [0, 0.05) is 18.9 Å². The van der Waals surface area contributed by atoms with Crippen molar-refractivity contribution in [3.8, 4) is 0 Å². The number of phosphoric ester groups is 1. The molecule has 1 saturated heterocycles. The summed E-state index contributed by atoms with van der Waals surface area (Å²) in [4.78, 5) is 34.0. The highest BCUT2D eigenvalue weighted by Crippen LogP contribution is 2.57. The van der Waals surface area contributed by atoms with E-state index in [9.17, 15) is 18.9 Å². The van der Waals surface area contributed by atoms with E-state index in [1.54, 1.807) is 13.8 Å². The molecule has 1 unspecified atom stereocenters. The molecule has 0 aromatic carbocycles. The molecule has 1 aliphatic rings. The minimum absolute atomic E-state index is 0.00744. The molecule has 1 N–H and O–H groups in total. The third-order valence-corrected chi connectivity index (χ3v) is 4.44. The van der Waals surface area contributed by atoms with Gasteiger partial charge in [0.05, 0.1) is 20.1 Å². The van der Waals surface area contributed by atoms with Crippen molar-refractivity contribution < 1.29 is 42.0 Å². The number of ether oxygens (including phenoxy) is 2. The van der Waals surface area contributed by atoms with E-state index in [2.05, 4.69) is 14.8 Å². The number of hydrogen-bond donors (Lipinski definition) is 1. The molecule has 10 nitrogen and oxygen atoms in total. The lowest BCUT2D eigenvalue weighted by Gasteiger charge is -2.39. The Balaban J connectivity index is 2.64. The fourth-order valence-corrected chi connectivity index (χ4v) is 3.26. The van der Waals surface area contributed by atoms with Gasteiger partial charge in [0.2, 0.25) is 12.7 Å². The van der Waals surface area contributed by atoms with Crippen LogP contribution in [0.3, 0.4) is 0 Å². The van der Waals surface area contributed by atoms with E-state index < -0.39 is 44.0 Å². The summed E-state index contributed by atoms with van der Waals surface area (Å²) in [5.41, 5.74) is -0.784. The molecule has 138 valence electrons. The van der Waals surface area contributed by atoms with Crippen molar-refractivity contribution in [1.29, 1.82) is 0 Å². The average Bonchev–Trinajstić information content (AvgIpc) is 2.49. The number of carbonyl (C=O) groups excluding carboxylic acids is 3. The second-order valence-corrected chi connectivity index (χ2v) is 7.32. The van der Waals surface area contributed by atoms with Crippen LogP contribution in [0.4, 0.5) is 0 Å². The predicted octanol–water partition coefficient (Wildman–Crippen LogP) is 0.753. The first-order chi connectivity index (χ1) is 11.1. The Morgan fingerprint density at radius 3 is 2.58 bits per heavy atom. The fraction of sp³-hybridized carbons (Fsp3) is 0.769. The largest absolute Gasteiger partial charge is 0.478 e. The van der Waals surface area contributed by atoms with E-state index >= 15 is 0 Å². The van der Waals surface area contributed by atoms with Crippen molar-refractivity contribution in [1.82, 2.24) is 5.32 Å². The lowest BCUT2D eigenvalue weighted by Crippen LogP contribution is -2.50. The van der Waals surface area contributed by atoms with Crippen molar-refractivity contribution >= 4 is 25.7 Å². The van der Waals surface area contributed by atoms with E-state index in [-0.39, 0.29) is 19.6 Å². The number of amides is 1. The Bertz CT molecular complexity index is 534. The minimum atomic E-state index is -4.05. The second kappa shape index (κ2) is 8.57. The molecule has 0 saturated carbocycles. The molecular weight excluding hydrogens is 345 g/mol. The summed E-state index contributed by atoms with van der Waals surface area (Å²) in [6.07, 6.45) is -1.14. The first-order valence-electron chi connectivity index (χ1n) is 7.15. The number of esters is 2. The predicted molar refractivity (Wildman–Crippen MR) is 79.6 cm³/mol. The Morgan fingerprint density at radius 2 is 2.00 bits per heavy atom. The number of methoxy groups -OCH3 is 1. The normalized spacial score (nSPS) is 25.6. The molecule has 1 aliphatic heterocycles. The molecule has 0 bridgehead atoms. The summed E-state index contributed by atoms with van der Waals surface area (Å²) in [5, 5.41) is 2.50. The van der Waals surface area contributed by atoms with Crippen molar-refractivity contribution in [3.63, 3.8) is 0 Å². The van der Waals surface area contributed by atoms with Crippen LogP contribution in [0.25, 0.3) is 0 Å². The third-order valence-electron chi connectivity index (χ3n) is 3.11. The number of rotatable bonds is 7. The molecule has 11 heteroatoms. The summed E-state index contributed by atoms with van der Waals surface area (Å²) in [5.74, 6) is -1.67. The molecule has 0 radical (unpaired) electrons. The molecule has 0 aromatic rings. The monoisotopic (exact) mass is 367 g/mol. The summed E-state index contributed by atoms with van der Waals surface area (Å²) >= 11 is 0. The quantitative estimate of drug-likeness (QED) is 0.394. The van der Waals surface area contributed by atoms with Crippen LogP contribution in [0.5, 0.6) is 0 Å². The van der Waals surface area contributed by atoms with Crippen LogP contribution in [0.2, 0.25) is 0 Å². The Morgan fingerprint density at radius 1 is 1.33 bits per heavy atom. The number of phosphoric acid groups is 1. The minimum Gasteiger partial charge on any atom is -0.469 e. The van der Waals surface area contributed by atoms with Crippen molar-refractivity contribution in [2.45, 2.75) is 33.3 Å². The average molecular weight is 367 g/mol. The van der Waals surface area contributed by atoms with E-state index in [1.807, 2.05) is 0 Å². The van der Waals surface area contributed by atoms with E-state index in [0.717, 1.165) is 6.92 Å². The summed E-state index contributed by atoms with van der Waals surface area (Å²) in [6.45, 7) is 3.88. The molecule has 1 fully saturated rings. The zero-order valence-corrected chi connectivity index (χ0v) is 14.9. The zero-order chi connectivity index (χ0) is 18.4. The van der Waals surface area contributed by atoms with Crippen LogP contribution < -0.4 is 5.32 Å². The Kier molecular flexibility index (Phi) is 7.34. The molecule has 1 amide bonds. The SMILES string of the molecule is COC(=O)CCNC(=O)[C@@H]1OP(=O)(OCOC(C)=O)OCC1(C)C. The molecule has 24 heavy (non-hydrogen) atoms. The van der Waals surface area contributed by atoms with Crippen molar-refractivity contribution in [2.75, 3.05) is 27.1 Å². The molecule has 2 atom stereocenters. The molecule has 0 spiro atoms. The lowest BCUT2D eigenvalue weighted by molar-refractivity contribution is -0.153. The third kappa shape index (κ3) is 6.20. The van der Waals surface area contributed by atoms with Crippen LogP contribution in [0, 0.1) is 5.41 Å². The van der Waals surface area contributed by atoms with Gasteiger partial charge in [-0.2, -0.15) is 0 Å². The molecule has 1 heterocycles. The lowest BCUT2D eigenvalue weighted by atomic mass is 9.87. The van der Waals surface area contributed by atoms with E-state index in [1.165, 1.54) is 7.11 Å². The van der Waals surface area contributed by atoms with Gasteiger partial charge in [0.15, 0.2) is 6.10 Å². The Labute approximate surface area is 139 Å². The maximum Gasteiger partial charge on any atom is 0.478 e. The second-order valence-electron chi connectivity index (χ2n) is 5.69. The fourth-order valence-electron chi connectivity index (χ4n) is 1.75. The maximum atomic E-state index is 12.3. The van der Waals surface area contributed by atoms with Crippen LogP contribution in [0.1, 0.15) is 27.2 Å². The summed E-state index contributed by atoms with van der Waals surface area (Å²) in [6, 6.07) is 0. The number of carbonyl (C=O) groups is 3. The van der Waals surface area contributed by atoms with Crippen LogP contribution in [-0.4, -0.2) is 51.0 Å². The van der Waals surface area contributed by atoms with Gasteiger partial charge in [0.1, 0.15) is 0 Å². The molecule has 1 rings (SSSR count). The highest BCUT2D eigenvalue weighted by atomic mass is 31.2.